The van der Waals surface area contributed by atoms with E-state index >= 15 is 0 Å². The van der Waals surface area contributed by atoms with E-state index in [9.17, 15) is 22.8 Å². The van der Waals surface area contributed by atoms with Gasteiger partial charge in [0.25, 0.3) is 5.91 Å². The molecule has 0 atom stereocenters. The van der Waals surface area contributed by atoms with E-state index in [2.05, 4.69) is 20.9 Å². The first-order chi connectivity index (χ1) is 14.1. The highest BCUT2D eigenvalue weighted by atomic mass is 35.5. The van der Waals surface area contributed by atoms with Crippen LogP contribution < -0.4 is 10.6 Å². The van der Waals surface area contributed by atoms with Crippen LogP contribution in [0.4, 0.5) is 24.5 Å². The highest BCUT2D eigenvalue weighted by molar-refractivity contribution is 6.33. The van der Waals surface area contributed by atoms with Gasteiger partial charge >= 0.3 is 6.18 Å². The van der Waals surface area contributed by atoms with E-state index in [4.69, 9.17) is 11.6 Å². The molecular weight excluding hydrogens is 423 g/mol. The summed E-state index contributed by atoms with van der Waals surface area (Å²) in [5, 5.41) is 12.8. The van der Waals surface area contributed by atoms with Gasteiger partial charge in [-0.3, -0.25) is 9.59 Å². The molecule has 1 heterocycles. The van der Waals surface area contributed by atoms with Crippen LogP contribution in [0, 0.1) is 6.92 Å². The molecule has 0 spiro atoms. The van der Waals surface area contributed by atoms with Gasteiger partial charge in [0.1, 0.15) is 6.54 Å². The lowest BCUT2D eigenvalue weighted by Gasteiger charge is -2.09. The topological polar surface area (TPSA) is 88.9 Å². The predicted octanol–water partition coefficient (Wildman–Crippen LogP) is 4.15. The van der Waals surface area contributed by atoms with Crippen molar-refractivity contribution in [2.24, 2.45) is 0 Å². The molecule has 0 aliphatic rings. The minimum Gasteiger partial charge on any atom is -0.323 e. The Morgan fingerprint density at radius 2 is 1.83 bits per heavy atom. The molecule has 30 heavy (non-hydrogen) atoms. The third-order valence-electron chi connectivity index (χ3n) is 4.09. The first kappa shape index (κ1) is 21.3. The molecule has 0 saturated heterocycles. The molecule has 0 aliphatic carbocycles. The van der Waals surface area contributed by atoms with Crippen molar-refractivity contribution >= 4 is 34.8 Å². The fourth-order valence-electron chi connectivity index (χ4n) is 2.57. The SMILES string of the molecule is Cc1c(C(=O)Nc2cccc(C(F)(F)F)c2)nnn1CC(=O)Nc1ccccc1Cl. The first-order valence-corrected chi connectivity index (χ1v) is 8.96. The maximum Gasteiger partial charge on any atom is 0.416 e. The molecule has 1 aromatic heterocycles. The van der Waals surface area contributed by atoms with Gasteiger partial charge in [0, 0.05) is 5.69 Å². The summed E-state index contributed by atoms with van der Waals surface area (Å²) in [7, 11) is 0. The zero-order valence-electron chi connectivity index (χ0n) is 15.5. The number of amides is 2. The first-order valence-electron chi connectivity index (χ1n) is 8.58. The fourth-order valence-corrected chi connectivity index (χ4v) is 2.76. The Morgan fingerprint density at radius 3 is 2.53 bits per heavy atom. The zero-order chi connectivity index (χ0) is 21.9. The number of aromatic nitrogens is 3. The molecule has 3 rings (SSSR count). The van der Waals surface area contributed by atoms with Crippen molar-refractivity contribution in [1.29, 1.82) is 0 Å². The normalized spacial score (nSPS) is 11.2. The van der Waals surface area contributed by atoms with Gasteiger partial charge in [0.2, 0.25) is 5.91 Å². The van der Waals surface area contributed by atoms with E-state index in [1.54, 1.807) is 24.3 Å². The maximum atomic E-state index is 12.8. The molecule has 0 fully saturated rings. The van der Waals surface area contributed by atoms with Crippen LogP contribution in [-0.4, -0.2) is 26.8 Å². The number of nitrogens with zero attached hydrogens (tertiary/aromatic N) is 3. The third kappa shape index (κ3) is 4.95. The standard InChI is InChI=1S/C19H15ClF3N5O2/c1-11-17(18(30)24-13-6-4-5-12(9-13)19(21,22)23)26-27-28(11)10-16(29)25-15-8-3-2-7-14(15)20/h2-9H,10H2,1H3,(H,24,30)(H,25,29). The van der Waals surface area contributed by atoms with E-state index in [0.29, 0.717) is 10.7 Å². The Balaban J connectivity index is 1.69. The van der Waals surface area contributed by atoms with E-state index in [-0.39, 0.29) is 23.6 Å². The minimum absolute atomic E-state index is 0.0414. The summed E-state index contributed by atoms with van der Waals surface area (Å²) in [5.41, 5.74) is -0.353. The quantitative estimate of drug-likeness (QED) is 0.627. The number of carbonyl (C=O) groups is 2. The van der Waals surface area contributed by atoms with Gasteiger partial charge in [-0.15, -0.1) is 5.10 Å². The van der Waals surface area contributed by atoms with Gasteiger partial charge in [0.15, 0.2) is 5.69 Å². The van der Waals surface area contributed by atoms with Crippen LogP contribution >= 0.6 is 11.6 Å². The van der Waals surface area contributed by atoms with Gasteiger partial charge in [-0.05, 0) is 37.3 Å². The Morgan fingerprint density at radius 1 is 1.10 bits per heavy atom. The van der Waals surface area contributed by atoms with Gasteiger partial charge in [-0.25, -0.2) is 4.68 Å². The molecule has 0 aliphatic heterocycles. The molecule has 3 aromatic rings. The predicted molar refractivity (Wildman–Crippen MR) is 104 cm³/mol. The van der Waals surface area contributed by atoms with E-state index in [1.165, 1.54) is 23.7 Å². The molecule has 2 aromatic carbocycles. The number of halogens is 4. The summed E-state index contributed by atoms with van der Waals surface area (Å²) in [6.07, 6.45) is -4.53. The third-order valence-corrected chi connectivity index (χ3v) is 4.42. The lowest BCUT2D eigenvalue weighted by molar-refractivity contribution is -0.137. The molecule has 0 saturated carbocycles. The Hall–Kier alpha value is -3.40. The Bertz CT molecular complexity index is 1100. The number of para-hydroxylation sites is 1. The summed E-state index contributed by atoms with van der Waals surface area (Å²) < 4.78 is 39.6. The maximum absolute atomic E-state index is 12.8. The molecule has 156 valence electrons. The van der Waals surface area contributed by atoms with Crippen LogP contribution in [0.1, 0.15) is 21.7 Å². The number of alkyl halides is 3. The van der Waals surface area contributed by atoms with Crippen LogP contribution in [0.15, 0.2) is 48.5 Å². The summed E-state index contributed by atoms with van der Waals surface area (Å²) in [6.45, 7) is 1.28. The summed E-state index contributed by atoms with van der Waals surface area (Å²) in [6, 6.07) is 10.9. The van der Waals surface area contributed by atoms with E-state index in [0.717, 1.165) is 12.1 Å². The molecule has 11 heteroatoms. The number of carbonyl (C=O) groups excluding carboxylic acids is 2. The van der Waals surface area contributed by atoms with Gasteiger partial charge in [-0.1, -0.05) is 35.0 Å². The number of nitrogens with one attached hydrogen (secondary N) is 2. The van der Waals surface area contributed by atoms with Gasteiger partial charge in [-0.2, -0.15) is 13.2 Å². The lowest BCUT2D eigenvalue weighted by atomic mass is 10.2. The molecule has 2 amide bonds. The fraction of sp³-hybridized carbons (Fsp3) is 0.158. The van der Waals surface area contributed by atoms with Crippen molar-refractivity contribution in [3.63, 3.8) is 0 Å². The van der Waals surface area contributed by atoms with E-state index in [1.807, 2.05) is 0 Å². The summed E-state index contributed by atoms with van der Waals surface area (Å²) in [4.78, 5) is 24.6. The summed E-state index contributed by atoms with van der Waals surface area (Å²) in [5.74, 6) is -1.19. The molecule has 0 radical (unpaired) electrons. The number of hydrogen-bond acceptors (Lipinski definition) is 4. The Kier molecular flexibility index (Phi) is 6.06. The second-order valence-electron chi connectivity index (χ2n) is 6.24. The highest BCUT2D eigenvalue weighted by Crippen LogP contribution is 2.30. The summed E-state index contributed by atoms with van der Waals surface area (Å²) >= 11 is 5.99. The number of benzene rings is 2. The number of anilines is 2. The molecule has 0 unspecified atom stereocenters. The van der Waals surface area contributed by atoms with Crippen molar-refractivity contribution in [2.75, 3.05) is 10.6 Å². The van der Waals surface area contributed by atoms with Crippen molar-refractivity contribution in [3.05, 3.63) is 70.5 Å². The second-order valence-corrected chi connectivity index (χ2v) is 6.65. The van der Waals surface area contributed by atoms with Crippen molar-refractivity contribution in [1.82, 2.24) is 15.0 Å². The molecule has 7 nitrogen and oxygen atoms in total. The average molecular weight is 438 g/mol. The molecule has 0 bridgehead atoms. The number of hydrogen-bond donors (Lipinski definition) is 2. The van der Waals surface area contributed by atoms with Crippen LogP contribution in [-0.2, 0) is 17.5 Å². The smallest absolute Gasteiger partial charge is 0.323 e. The van der Waals surface area contributed by atoms with Crippen LogP contribution in [0.5, 0.6) is 0 Å². The highest BCUT2D eigenvalue weighted by Gasteiger charge is 2.30. The zero-order valence-corrected chi connectivity index (χ0v) is 16.3. The van der Waals surface area contributed by atoms with E-state index < -0.39 is 23.6 Å². The molecular formula is C19H15ClF3N5O2. The average Bonchev–Trinajstić information content (AvgIpc) is 3.03. The van der Waals surface area contributed by atoms with Crippen LogP contribution in [0.25, 0.3) is 0 Å². The van der Waals surface area contributed by atoms with Crippen LogP contribution in [0.2, 0.25) is 5.02 Å². The Labute approximate surface area is 173 Å². The second kappa shape index (κ2) is 8.54. The van der Waals surface area contributed by atoms with Gasteiger partial charge in [0.05, 0.1) is 22.0 Å². The number of rotatable bonds is 5. The van der Waals surface area contributed by atoms with Crippen molar-refractivity contribution in [3.8, 4) is 0 Å². The van der Waals surface area contributed by atoms with Crippen molar-refractivity contribution in [2.45, 2.75) is 19.6 Å². The van der Waals surface area contributed by atoms with Crippen LogP contribution in [0.3, 0.4) is 0 Å². The lowest BCUT2D eigenvalue weighted by Crippen LogP contribution is -2.21. The molecule has 2 N–H and O–H groups in total. The monoisotopic (exact) mass is 437 g/mol. The van der Waals surface area contributed by atoms with Gasteiger partial charge < -0.3 is 10.6 Å². The van der Waals surface area contributed by atoms with Crippen molar-refractivity contribution < 1.29 is 22.8 Å². The minimum atomic E-state index is -4.53. The largest absolute Gasteiger partial charge is 0.416 e.